The lowest BCUT2D eigenvalue weighted by Crippen LogP contribution is -2.24. The highest BCUT2D eigenvalue weighted by molar-refractivity contribution is 7.09. The fourth-order valence-corrected chi connectivity index (χ4v) is 2.69. The number of nitro groups is 1. The Morgan fingerprint density at radius 2 is 2.04 bits per heavy atom. The van der Waals surface area contributed by atoms with Gasteiger partial charge in [0.1, 0.15) is 10.7 Å². The monoisotopic (exact) mass is 334 g/mol. The molecule has 1 heterocycles. The number of rotatable bonds is 8. The zero-order valence-electron chi connectivity index (χ0n) is 12.5. The van der Waals surface area contributed by atoms with Gasteiger partial charge in [0, 0.05) is 30.6 Å². The number of amides is 1. The third kappa shape index (κ3) is 5.11. The zero-order chi connectivity index (χ0) is 16.7. The summed E-state index contributed by atoms with van der Waals surface area (Å²) in [4.78, 5) is 26.1. The summed E-state index contributed by atoms with van der Waals surface area (Å²) in [6.07, 6.45) is 2.54. The van der Waals surface area contributed by atoms with E-state index in [1.165, 1.54) is 23.5 Å². The van der Waals surface area contributed by atoms with E-state index in [0.29, 0.717) is 18.8 Å². The molecule has 2 aromatic rings. The molecule has 1 amide bonds. The second-order valence-electron chi connectivity index (χ2n) is 4.97. The van der Waals surface area contributed by atoms with Gasteiger partial charge in [0.25, 0.3) is 11.6 Å². The van der Waals surface area contributed by atoms with Crippen molar-refractivity contribution in [1.82, 2.24) is 10.3 Å². The van der Waals surface area contributed by atoms with E-state index < -0.39 is 4.92 Å². The van der Waals surface area contributed by atoms with E-state index in [9.17, 15) is 14.9 Å². The number of unbranched alkanes of at least 4 members (excludes halogenated alkanes) is 1. The van der Waals surface area contributed by atoms with Crippen LogP contribution in [0, 0.1) is 10.1 Å². The first-order valence-electron chi connectivity index (χ1n) is 7.26. The first-order chi connectivity index (χ1) is 11.1. The molecule has 23 heavy (non-hydrogen) atoms. The van der Waals surface area contributed by atoms with Crippen molar-refractivity contribution < 1.29 is 9.72 Å². The molecule has 0 spiro atoms. The SMILES string of the molecule is NCc1nc(C(=O)NCCCCc2ccc([N+](=O)[O-])cc2)cs1. The Kier molecular flexibility index (Phi) is 6.19. The van der Waals surface area contributed by atoms with Gasteiger partial charge in [-0.25, -0.2) is 4.98 Å². The normalized spacial score (nSPS) is 10.5. The predicted octanol–water partition coefficient (Wildman–Crippen LogP) is 2.26. The number of hydrogen-bond donors (Lipinski definition) is 2. The van der Waals surface area contributed by atoms with Gasteiger partial charge in [0.2, 0.25) is 0 Å². The van der Waals surface area contributed by atoms with Gasteiger partial charge in [0.05, 0.1) is 4.92 Å². The van der Waals surface area contributed by atoms with Crippen LogP contribution >= 0.6 is 11.3 Å². The number of aryl methyl sites for hydroxylation is 1. The standard InChI is InChI=1S/C15H18N4O3S/c16-9-14-18-13(10-23-14)15(20)17-8-2-1-3-11-4-6-12(7-5-11)19(21)22/h4-7,10H,1-3,8-9,16H2,(H,17,20). The van der Waals surface area contributed by atoms with Crippen molar-refractivity contribution in [3.8, 4) is 0 Å². The van der Waals surface area contributed by atoms with E-state index in [2.05, 4.69) is 10.3 Å². The molecule has 7 nitrogen and oxygen atoms in total. The number of hydrogen-bond acceptors (Lipinski definition) is 6. The van der Waals surface area contributed by atoms with Gasteiger partial charge >= 0.3 is 0 Å². The van der Waals surface area contributed by atoms with Gasteiger partial charge in [-0.05, 0) is 24.8 Å². The van der Waals surface area contributed by atoms with E-state index in [1.807, 2.05) is 0 Å². The molecule has 0 bridgehead atoms. The Labute approximate surface area is 137 Å². The average molecular weight is 334 g/mol. The van der Waals surface area contributed by atoms with Crippen LogP contribution in [0.5, 0.6) is 0 Å². The van der Waals surface area contributed by atoms with Crippen molar-refractivity contribution in [3.05, 3.63) is 56.0 Å². The van der Waals surface area contributed by atoms with Crippen molar-refractivity contribution in [2.45, 2.75) is 25.8 Å². The van der Waals surface area contributed by atoms with Gasteiger partial charge in [-0.15, -0.1) is 11.3 Å². The topological polar surface area (TPSA) is 111 Å². The van der Waals surface area contributed by atoms with Gasteiger partial charge in [-0.2, -0.15) is 0 Å². The highest BCUT2D eigenvalue weighted by atomic mass is 32.1. The smallest absolute Gasteiger partial charge is 0.270 e. The van der Waals surface area contributed by atoms with Crippen LogP contribution < -0.4 is 11.1 Å². The Morgan fingerprint density at radius 3 is 2.65 bits per heavy atom. The van der Waals surface area contributed by atoms with Crippen molar-refractivity contribution in [1.29, 1.82) is 0 Å². The molecule has 0 aliphatic rings. The van der Waals surface area contributed by atoms with E-state index in [0.717, 1.165) is 29.8 Å². The Balaban J connectivity index is 1.67. The number of nitrogens with two attached hydrogens (primary N) is 1. The van der Waals surface area contributed by atoms with E-state index >= 15 is 0 Å². The minimum absolute atomic E-state index is 0.0983. The Bertz CT molecular complexity index is 670. The highest BCUT2D eigenvalue weighted by Gasteiger charge is 2.09. The van der Waals surface area contributed by atoms with Crippen LogP contribution in [0.2, 0.25) is 0 Å². The van der Waals surface area contributed by atoms with Crippen LogP contribution in [-0.2, 0) is 13.0 Å². The molecule has 0 aliphatic carbocycles. The molecule has 0 saturated carbocycles. The van der Waals surface area contributed by atoms with Crippen LogP contribution in [0.1, 0.15) is 33.9 Å². The number of non-ortho nitro benzene ring substituents is 1. The maximum atomic E-state index is 11.8. The third-order valence-electron chi connectivity index (χ3n) is 3.28. The fourth-order valence-electron chi connectivity index (χ4n) is 2.04. The fraction of sp³-hybridized carbons (Fsp3) is 0.333. The summed E-state index contributed by atoms with van der Waals surface area (Å²) in [6.45, 7) is 0.911. The Morgan fingerprint density at radius 1 is 1.30 bits per heavy atom. The highest BCUT2D eigenvalue weighted by Crippen LogP contribution is 2.13. The second kappa shape index (κ2) is 8.35. The molecular weight excluding hydrogens is 316 g/mol. The minimum Gasteiger partial charge on any atom is -0.351 e. The third-order valence-corrected chi connectivity index (χ3v) is 4.16. The van der Waals surface area contributed by atoms with Gasteiger partial charge in [-0.3, -0.25) is 14.9 Å². The molecule has 1 aromatic carbocycles. The van der Waals surface area contributed by atoms with Gasteiger partial charge < -0.3 is 11.1 Å². The van der Waals surface area contributed by atoms with Crippen molar-refractivity contribution in [2.75, 3.05) is 6.54 Å². The number of nitro benzene ring substituents is 1. The lowest BCUT2D eigenvalue weighted by atomic mass is 10.1. The number of carbonyl (C=O) groups is 1. The van der Waals surface area contributed by atoms with E-state index in [-0.39, 0.29) is 11.6 Å². The second-order valence-corrected chi connectivity index (χ2v) is 5.91. The maximum absolute atomic E-state index is 11.8. The maximum Gasteiger partial charge on any atom is 0.270 e. The molecule has 122 valence electrons. The van der Waals surface area contributed by atoms with Gasteiger partial charge in [-0.1, -0.05) is 12.1 Å². The Hall–Kier alpha value is -2.32. The lowest BCUT2D eigenvalue weighted by Gasteiger charge is -2.04. The molecule has 0 fully saturated rings. The largest absolute Gasteiger partial charge is 0.351 e. The number of carbonyl (C=O) groups excluding carboxylic acids is 1. The number of nitrogens with one attached hydrogen (secondary N) is 1. The summed E-state index contributed by atoms with van der Waals surface area (Å²) in [5, 5.41) is 15.8. The minimum atomic E-state index is -0.409. The zero-order valence-corrected chi connectivity index (χ0v) is 13.3. The molecule has 8 heteroatoms. The molecule has 0 unspecified atom stereocenters. The first kappa shape index (κ1) is 17.0. The van der Waals surface area contributed by atoms with Crippen LogP contribution in [0.15, 0.2) is 29.6 Å². The lowest BCUT2D eigenvalue weighted by molar-refractivity contribution is -0.384. The summed E-state index contributed by atoms with van der Waals surface area (Å²) in [5.41, 5.74) is 7.02. The van der Waals surface area contributed by atoms with E-state index in [1.54, 1.807) is 17.5 Å². The van der Waals surface area contributed by atoms with E-state index in [4.69, 9.17) is 5.73 Å². The molecule has 0 radical (unpaired) electrons. The van der Waals surface area contributed by atoms with Crippen LogP contribution in [0.4, 0.5) is 5.69 Å². The van der Waals surface area contributed by atoms with Crippen LogP contribution in [-0.4, -0.2) is 22.4 Å². The van der Waals surface area contributed by atoms with Crippen molar-refractivity contribution >= 4 is 22.9 Å². The molecule has 0 atom stereocenters. The van der Waals surface area contributed by atoms with Gasteiger partial charge in [0.15, 0.2) is 0 Å². The molecule has 0 aliphatic heterocycles. The molecule has 2 rings (SSSR count). The predicted molar refractivity (Wildman–Crippen MR) is 88.4 cm³/mol. The average Bonchev–Trinajstić information content (AvgIpc) is 3.04. The number of nitrogens with zero attached hydrogens (tertiary/aromatic N) is 2. The summed E-state index contributed by atoms with van der Waals surface area (Å²) < 4.78 is 0. The number of thiazole rings is 1. The summed E-state index contributed by atoms with van der Waals surface area (Å²) in [7, 11) is 0. The molecular formula is C15H18N4O3S. The molecule has 3 N–H and O–H groups in total. The van der Waals surface area contributed by atoms with Crippen LogP contribution in [0.3, 0.4) is 0 Å². The summed E-state index contributed by atoms with van der Waals surface area (Å²) in [5.74, 6) is -0.184. The van der Waals surface area contributed by atoms with Crippen molar-refractivity contribution in [2.24, 2.45) is 5.73 Å². The quantitative estimate of drug-likeness (QED) is 0.437. The molecule has 0 saturated heterocycles. The number of aromatic nitrogens is 1. The number of benzene rings is 1. The summed E-state index contributed by atoms with van der Waals surface area (Å²) in [6, 6.07) is 6.55. The van der Waals surface area contributed by atoms with Crippen molar-refractivity contribution in [3.63, 3.8) is 0 Å². The first-order valence-corrected chi connectivity index (χ1v) is 8.14. The summed E-state index contributed by atoms with van der Waals surface area (Å²) >= 11 is 1.38. The van der Waals surface area contributed by atoms with Crippen LogP contribution in [0.25, 0.3) is 0 Å². The molecule has 1 aromatic heterocycles.